The second-order valence-electron chi connectivity index (χ2n) is 5.23. The molecule has 1 aromatic rings. The molecule has 1 N–H and O–H groups in total. The van der Waals surface area contributed by atoms with E-state index in [0.717, 1.165) is 5.92 Å². The van der Waals surface area contributed by atoms with E-state index in [2.05, 4.69) is 43.6 Å². The summed E-state index contributed by atoms with van der Waals surface area (Å²) >= 11 is 0. The lowest BCUT2D eigenvalue weighted by molar-refractivity contribution is 0.408. The third kappa shape index (κ3) is 2.90. The van der Waals surface area contributed by atoms with Crippen LogP contribution in [0.4, 0.5) is 0 Å². The first kappa shape index (κ1) is 12.6. The number of hydrogen-bond donors (Lipinski definition) is 1. The topological polar surface area (TPSA) is 12.0 Å². The van der Waals surface area contributed by atoms with Crippen molar-refractivity contribution in [3.05, 3.63) is 35.4 Å². The summed E-state index contributed by atoms with van der Waals surface area (Å²) in [6, 6.07) is 9.72. The summed E-state index contributed by atoms with van der Waals surface area (Å²) in [5, 5.41) is 3.54. The number of hydrogen-bond acceptors (Lipinski definition) is 1. The van der Waals surface area contributed by atoms with Crippen molar-refractivity contribution in [1.82, 2.24) is 5.32 Å². The highest BCUT2D eigenvalue weighted by Gasteiger charge is 2.24. The SMILES string of the molecule is CCCC(NC)C1CCCCc2ccccc21. The molecule has 1 aliphatic rings. The molecule has 2 rings (SSSR count). The maximum absolute atomic E-state index is 3.54. The first-order valence-corrected chi connectivity index (χ1v) is 7.12. The van der Waals surface area contributed by atoms with E-state index < -0.39 is 0 Å². The Kier molecular flexibility index (Phi) is 4.61. The molecule has 0 spiro atoms. The van der Waals surface area contributed by atoms with Gasteiger partial charge in [-0.15, -0.1) is 0 Å². The van der Waals surface area contributed by atoms with Crippen LogP contribution in [0.1, 0.15) is 56.1 Å². The van der Waals surface area contributed by atoms with Gasteiger partial charge in [0.1, 0.15) is 0 Å². The molecule has 0 bridgehead atoms. The van der Waals surface area contributed by atoms with Gasteiger partial charge in [-0.1, -0.05) is 44.0 Å². The summed E-state index contributed by atoms with van der Waals surface area (Å²) in [6.07, 6.45) is 7.91. The lowest BCUT2D eigenvalue weighted by Gasteiger charge is -2.27. The zero-order chi connectivity index (χ0) is 12.1. The Balaban J connectivity index is 2.26. The third-order valence-electron chi connectivity index (χ3n) is 4.12. The standard InChI is InChI=1S/C16H25N/c1-3-8-16(17-2)15-12-7-5-10-13-9-4-6-11-14(13)15/h4,6,9,11,15-17H,3,5,7-8,10,12H2,1-2H3. The number of benzene rings is 1. The van der Waals surface area contributed by atoms with Crippen molar-refractivity contribution in [2.75, 3.05) is 7.05 Å². The van der Waals surface area contributed by atoms with Crippen LogP contribution in [0, 0.1) is 0 Å². The van der Waals surface area contributed by atoms with Gasteiger partial charge < -0.3 is 5.32 Å². The van der Waals surface area contributed by atoms with Gasteiger partial charge in [0.2, 0.25) is 0 Å². The average Bonchev–Trinajstić information content (AvgIpc) is 2.58. The van der Waals surface area contributed by atoms with Gasteiger partial charge in [0, 0.05) is 6.04 Å². The maximum atomic E-state index is 3.54. The quantitative estimate of drug-likeness (QED) is 0.775. The number of fused-ring (bicyclic) bond motifs is 1. The highest BCUT2D eigenvalue weighted by atomic mass is 14.9. The summed E-state index contributed by atoms with van der Waals surface area (Å²) in [5.41, 5.74) is 3.20. The largest absolute Gasteiger partial charge is 0.316 e. The van der Waals surface area contributed by atoms with Gasteiger partial charge in [0.05, 0.1) is 0 Å². The molecule has 0 heterocycles. The second-order valence-corrected chi connectivity index (χ2v) is 5.23. The van der Waals surface area contributed by atoms with Gasteiger partial charge >= 0.3 is 0 Å². The molecule has 1 aromatic carbocycles. The Hall–Kier alpha value is -0.820. The molecule has 0 saturated carbocycles. The lowest BCUT2D eigenvalue weighted by atomic mass is 9.84. The molecule has 0 amide bonds. The molecule has 2 unspecified atom stereocenters. The predicted molar refractivity (Wildman–Crippen MR) is 74.5 cm³/mol. The van der Waals surface area contributed by atoms with Crippen molar-refractivity contribution in [3.63, 3.8) is 0 Å². The molecule has 0 aromatic heterocycles. The molecule has 1 nitrogen and oxygen atoms in total. The van der Waals surface area contributed by atoms with Gasteiger partial charge in [0.15, 0.2) is 0 Å². The Morgan fingerprint density at radius 1 is 1.29 bits per heavy atom. The van der Waals surface area contributed by atoms with Crippen LogP contribution >= 0.6 is 0 Å². The van der Waals surface area contributed by atoms with Gasteiger partial charge in [-0.25, -0.2) is 0 Å². The third-order valence-corrected chi connectivity index (χ3v) is 4.12. The molecule has 94 valence electrons. The number of likely N-dealkylation sites (N-methyl/N-ethyl adjacent to an activating group) is 1. The van der Waals surface area contributed by atoms with E-state index in [0.29, 0.717) is 6.04 Å². The van der Waals surface area contributed by atoms with E-state index in [-0.39, 0.29) is 0 Å². The molecule has 17 heavy (non-hydrogen) atoms. The van der Waals surface area contributed by atoms with Crippen LogP contribution in [0.5, 0.6) is 0 Å². The molecular formula is C16H25N. The highest BCUT2D eigenvalue weighted by Crippen LogP contribution is 2.34. The average molecular weight is 231 g/mol. The van der Waals surface area contributed by atoms with Crippen molar-refractivity contribution in [2.24, 2.45) is 0 Å². The molecule has 1 aliphatic carbocycles. The minimum atomic E-state index is 0.652. The minimum absolute atomic E-state index is 0.652. The van der Waals surface area contributed by atoms with Crippen LogP contribution in [0.25, 0.3) is 0 Å². The number of nitrogens with one attached hydrogen (secondary N) is 1. The van der Waals surface area contributed by atoms with Crippen LogP contribution in [-0.4, -0.2) is 13.1 Å². The second kappa shape index (κ2) is 6.20. The number of rotatable bonds is 4. The Morgan fingerprint density at radius 2 is 2.12 bits per heavy atom. The fraction of sp³-hybridized carbons (Fsp3) is 0.625. The zero-order valence-corrected chi connectivity index (χ0v) is 11.2. The minimum Gasteiger partial charge on any atom is -0.316 e. The molecule has 0 fully saturated rings. The van der Waals surface area contributed by atoms with Crippen molar-refractivity contribution >= 4 is 0 Å². The Morgan fingerprint density at radius 3 is 2.88 bits per heavy atom. The van der Waals surface area contributed by atoms with Crippen LogP contribution in [0.2, 0.25) is 0 Å². The van der Waals surface area contributed by atoms with Crippen molar-refractivity contribution in [3.8, 4) is 0 Å². The first-order valence-electron chi connectivity index (χ1n) is 7.12. The van der Waals surface area contributed by atoms with Gasteiger partial charge in [-0.3, -0.25) is 0 Å². The van der Waals surface area contributed by atoms with E-state index in [1.807, 2.05) is 0 Å². The van der Waals surface area contributed by atoms with Crippen LogP contribution in [0.15, 0.2) is 24.3 Å². The van der Waals surface area contributed by atoms with E-state index in [1.54, 1.807) is 11.1 Å². The monoisotopic (exact) mass is 231 g/mol. The zero-order valence-electron chi connectivity index (χ0n) is 11.2. The van der Waals surface area contributed by atoms with Gasteiger partial charge in [-0.05, 0) is 49.8 Å². The predicted octanol–water partition coefficient (Wildman–Crippen LogP) is 3.88. The molecular weight excluding hydrogens is 206 g/mol. The maximum Gasteiger partial charge on any atom is 0.0133 e. The first-order chi connectivity index (χ1) is 8.36. The Labute approximate surface area is 106 Å². The fourth-order valence-electron chi connectivity index (χ4n) is 3.23. The molecule has 2 atom stereocenters. The van der Waals surface area contributed by atoms with Crippen LogP contribution in [-0.2, 0) is 6.42 Å². The Bertz CT molecular complexity index is 345. The van der Waals surface area contributed by atoms with Gasteiger partial charge in [0.25, 0.3) is 0 Å². The summed E-state index contributed by atoms with van der Waals surface area (Å²) < 4.78 is 0. The molecule has 0 radical (unpaired) electrons. The summed E-state index contributed by atoms with van der Waals surface area (Å²) in [4.78, 5) is 0. The normalized spacial score (nSPS) is 21.6. The van der Waals surface area contributed by atoms with Gasteiger partial charge in [-0.2, -0.15) is 0 Å². The summed E-state index contributed by atoms with van der Waals surface area (Å²) in [7, 11) is 2.12. The summed E-state index contributed by atoms with van der Waals surface area (Å²) in [6.45, 7) is 2.28. The van der Waals surface area contributed by atoms with E-state index in [4.69, 9.17) is 0 Å². The van der Waals surface area contributed by atoms with E-state index >= 15 is 0 Å². The van der Waals surface area contributed by atoms with Crippen molar-refractivity contribution < 1.29 is 0 Å². The van der Waals surface area contributed by atoms with Crippen LogP contribution in [0.3, 0.4) is 0 Å². The molecule has 0 saturated heterocycles. The van der Waals surface area contributed by atoms with E-state index in [1.165, 1.54) is 38.5 Å². The fourth-order valence-corrected chi connectivity index (χ4v) is 3.23. The lowest BCUT2D eigenvalue weighted by Crippen LogP contribution is -2.32. The molecule has 0 aliphatic heterocycles. The smallest absolute Gasteiger partial charge is 0.0133 e. The molecule has 1 heteroatoms. The van der Waals surface area contributed by atoms with Crippen molar-refractivity contribution in [1.29, 1.82) is 0 Å². The number of aryl methyl sites for hydroxylation is 1. The van der Waals surface area contributed by atoms with Crippen LogP contribution < -0.4 is 5.32 Å². The van der Waals surface area contributed by atoms with E-state index in [9.17, 15) is 0 Å². The van der Waals surface area contributed by atoms with Crippen molar-refractivity contribution in [2.45, 2.75) is 57.4 Å². The highest BCUT2D eigenvalue weighted by molar-refractivity contribution is 5.32. The summed E-state index contributed by atoms with van der Waals surface area (Å²) in [5.74, 6) is 0.721.